The third kappa shape index (κ3) is 5.28. The van der Waals surface area contributed by atoms with Crippen molar-refractivity contribution in [3.8, 4) is 6.07 Å². The number of halogens is 3. The Morgan fingerprint density at radius 2 is 2.03 bits per heavy atom. The number of carbonyl (C=O) groups excluding carboxylic acids is 2. The third-order valence-electron chi connectivity index (χ3n) is 4.91. The first-order valence-electron chi connectivity index (χ1n) is 9.43. The van der Waals surface area contributed by atoms with E-state index in [0.29, 0.717) is 5.56 Å². The Bertz CT molecular complexity index is 1060. The van der Waals surface area contributed by atoms with Crippen molar-refractivity contribution < 1.29 is 22.8 Å². The van der Waals surface area contributed by atoms with Crippen LogP contribution < -0.4 is 5.32 Å². The van der Waals surface area contributed by atoms with E-state index in [-0.39, 0.29) is 11.4 Å². The Labute approximate surface area is 177 Å². The largest absolute Gasteiger partial charge is 0.343 e. The average molecular weight is 428 g/mol. The maximum absolute atomic E-state index is 13.5. The highest BCUT2D eigenvalue weighted by molar-refractivity contribution is 6.00. The molecule has 1 aliphatic heterocycles. The average Bonchev–Trinajstić information content (AvgIpc) is 3.07. The molecule has 1 aliphatic rings. The van der Waals surface area contributed by atoms with E-state index in [0.717, 1.165) is 16.0 Å². The van der Waals surface area contributed by atoms with Crippen LogP contribution in [-0.4, -0.2) is 46.8 Å². The topological polar surface area (TPSA) is 86.1 Å². The van der Waals surface area contributed by atoms with Gasteiger partial charge in [0.1, 0.15) is 11.9 Å². The Balaban J connectivity index is 1.72. The summed E-state index contributed by atoms with van der Waals surface area (Å²) in [7, 11) is 0. The molecule has 1 aromatic heterocycles. The van der Waals surface area contributed by atoms with E-state index in [1.54, 1.807) is 31.2 Å². The molecular weight excluding hydrogens is 409 g/mol. The number of rotatable bonds is 5. The number of hydrogen-bond acceptors (Lipinski definition) is 4. The number of nitrogens with zero attached hydrogens (tertiary/aromatic N) is 3. The fourth-order valence-electron chi connectivity index (χ4n) is 3.30. The number of likely N-dealkylation sites (tertiary alicyclic amines) is 1. The maximum atomic E-state index is 13.5. The summed E-state index contributed by atoms with van der Waals surface area (Å²) in [6, 6.07) is 7.79. The van der Waals surface area contributed by atoms with Gasteiger partial charge in [0.05, 0.1) is 19.2 Å². The lowest BCUT2D eigenvalue weighted by atomic mass is 10.0. The number of nitrogens with one attached hydrogen (secondary N) is 1. The summed E-state index contributed by atoms with van der Waals surface area (Å²) in [4.78, 5) is 29.7. The fourth-order valence-corrected chi connectivity index (χ4v) is 3.30. The van der Waals surface area contributed by atoms with Crippen molar-refractivity contribution in [1.29, 1.82) is 5.26 Å². The highest BCUT2D eigenvalue weighted by Crippen LogP contribution is 2.31. The molecule has 1 fully saturated rings. The summed E-state index contributed by atoms with van der Waals surface area (Å²) in [6.07, 6.45) is 3.86. The molecule has 1 aromatic carbocycles. The zero-order chi connectivity index (χ0) is 22.6. The van der Waals surface area contributed by atoms with Gasteiger partial charge in [0.15, 0.2) is 0 Å². The number of alkyl halides is 2. The quantitative estimate of drug-likeness (QED) is 0.792. The number of amides is 2. The Hall–Kier alpha value is -3.67. The fraction of sp³-hybridized carbons (Fsp3) is 0.273. The summed E-state index contributed by atoms with van der Waals surface area (Å²) in [6.45, 7) is 0.427. The van der Waals surface area contributed by atoms with Crippen LogP contribution in [0.4, 0.5) is 13.2 Å². The standard InChI is InChI=1S/C22H19F3N4O2/c1-14(15-2-4-17(23)5-3-15)8-16-11-27-7-6-19(16)21(31)28-12-20(30)29-13-22(24,25)9-18(29)10-26/h2-8,11,18H,9,12-13H2,1H3,(H,28,31)/b14-8+. The Kier molecular flexibility index (Phi) is 6.39. The number of carbonyl (C=O) groups is 2. The minimum absolute atomic E-state index is 0.229. The molecule has 9 heteroatoms. The number of aromatic nitrogens is 1. The summed E-state index contributed by atoms with van der Waals surface area (Å²) in [5.74, 6) is -4.84. The Morgan fingerprint density at radius 3 is 2.71 bits per heavy atom. The van der Waals surface area contributed by atoms with Gasteiger partial charge in [-0.3, -0.25) is 14.6 Å². The monoisotopic (exact) mass is 428 g/mol. The molecule has 1 N–H and O–H groups in total. The molecule has 6 nitrogen and oxygen atoms in total. The van der Waals surface area contributed by atoms with E-state index in [2.05, 4.69) is 10.3 Å². The van der Waals surface area contributed by atoms with Gasteiger partial charge in [-0.1, -0.05) is 12.1 Å². The van der Waals surface area contributed by atoms with Gasteiger partial charge in [0.25, 0.3) is 11.8 Å². The minimum atomic E-state index is -3.12. The molecule has 0 spiro atoms. The Morgan fingerprint density at radius 1 is 1.32 bits per heavy atom. The number of hydrogen-bond donors (Lipinski definition) is 1. The first-order chi connectivity index (χ1) is 14.7. The van der Waals surface area contributed by atoms with Crippen LogP contribution in [0.15, 0.2) is 42.7 Å². The molecule has 2 aromatic rings. The maximum Gasteiger partial charge on any atom is 0.268 e. The van der Waals surface area contributed by atoms with Crippen molar-refractivity contribution >= 4 is 23.5 Å². The van der Waals surface area contributed by atoms with E-state index in [1.165, 1.54) is 30.6 Å². The molecule has 160 valence electrons. The number of benzene rings is 1. The van der Waals surface area contributed by atoms with Crippen molar-refractivity contribution in [1.82, 2.24) is 15.2 Å². The van der Waals surface area contributed by atoms with Gasteiger partial charge in [-0.15, -0.1) is 0 Å². The molecule has 0 saturated carbocycles. The SMILES string of the molecule is C/C(=C\c1cnccc1C(=O)NCC(=O)N1CC(F)(F)CC1C#N)c1ccc(F)cc1. The second-order valence-corrected chi connectivity index (χ2v) is 7.21. The van der Waals surface area contributed by atoms with Gasteiger partial charge >= 0.3 is 0 Å². The van der Waals surface area contributed by atoms with Gasteiger partial charge < -0.3 is 10.2 Å². The predicted octanol–water partition coefficient (Wildman–Crippen LogP) is 3.27. The van der Waals surface area contributed by atoms with Gasteiger partial charge in [0.2, 0.25) is 5.91 Å². The lowest BCUT2D eigenvalue weighted by Crippen LogP contribution is -2.43. The molecule has 2 heterocycles. The predicted molar refractivity (Wildman–Crippen MR) is 107 cm³/mol. The summed E-state index contributed by atoms with van der Waals surface area (Å²) < 4.78 is 40.2. The second-order valence-electron chi connectivity index (χ2n) is 7.21. The van der Waals surface area contributed by atoms with Crippen LogP contribution in [0.5, 0.6) is 0 Å². The van der Waals surface area contributed by atoms with Crippen molar-refractivity contribution in [3.05, 3.63) is 65.2 Å². The van der Waals surface area contributed by atoms with E-state index in [4.69, 9.17) is 5.26 Å². The molecule has 31 heavy (non-hydrogen) atoms. The first kappa shape index (κ1) is 22.0. The highest BCUT2D eigenvalue weighted by Gasteiger charge is 2.47. The molecule has 3 rings (SSSR count). The molecule has 0 radical (unpaired) electrons. The van der Waals surface area contributed by atoms with Crippen LogP contribution in [0.25, 0.3) is 11.6 Å². The van der Waals surface area contributed by atoms with Crippen LogP contribution in [0.2, 0.25) is 0 Å². The van der Waals surface area contributed by atoms with Gasteiger partial charge in [-0.25, -0.2) is 13.2 Å². The van der Waals surface area contributed by atoms with E-state index in [9.17, 15) is 22.8 Å². The van der Waals surface area contributed by atoms with Crippen LogP contribution >= 0.6 is 0 Å². The van der Waals surface area contributed by atoms with Gasteiger partial charge in [0, 0.05) is 29.9 Å². The van der Waals surface area contributed by atoms with Crippen LogP contribution in [0, 0.1) is 17.1 Å². The molecule has 1 unspecified atom stereocenters. The third-order valence-corrected chi connectivity index (χ3v) is 4.91. The molecule has 2 amide bonds. The van der Waals surface area contributed by atoms with Crippen LogP contribution in [-0.2, 0) is 4.79 Å². The highest BCUT2D eigenvalue weighted by atomic mass is 19.3. The lowest BCUT2D eigenvalue weighted by molar-refractivity contribution is -0.131. The minimum Gasteiger partial charge on any atom is -0.343 e. The molecule has 0 aliphatic carbocycles. The lowest BCUT2D eigenvalue weighted by Gasteiger charge is -2.19. The van der Waals surface area contributed by atoms with E-state index in [1.807, 2.05) is 0 Å². The van der Waals surface area contributed by atoms with Crippen LogP contribution in [0.3, 0.4) is 0 Å². The van der Waals surface area contributed by atoms with Crippen molar-refractivity contribution in [3.63, 3.8) is 0 Å². The number of allylic oxidation sites excluding steroid dienone is 1. The normalized spacial score (nSPS) is 17.8. The summed E-state index contributed by atoms with van der Waals surface area (Å²) in [5.41, 5.74) is 2.21. The second kappa shape index (κ2) is 9.00. The van der Waals surface area contributed by atoms with Gasteiger partial charge in [-0.05, 0) is 42.3 Å². The summed E-state index contributed by atoms with van der Waals surface area (Å²) >= 11 is 0. The molecule has 1 atom stereocenters. The van der Waals surface area contributed by atoms with Crippen molar-refractivity contribution in [2.24, 2.45) is 0 Å². The van der Waals surface area contributed by atoms with Crippen LogP contribution in [0.1, 0.15) is 34.8 Å². The summed E-state index contributed by atoms with van der Waals surface area (Å²) in [5, 5.41) is 11.4. The molecular formula is C22H19F3N4O2. The van der Waals surface area contributed by atoms with Crippen molar-refractivity contribution in [2.45, 2.75) is 25.3 Å². The van der Waals surface area contributed by atoms with Gasteiger partial charge in [-0.2, -0.15) is 5.26 Å². The first-order valence-corrected chi connectivity index (χ1v) is 9.43. The van der Waals surface area contributed by atoms with E-state index >= 15 is 0 Å². The molecule has 1 saturated heterocycles. The smallest absolute Gasteiger partial charge is 0.268 e. The zero-order valence-electron chi connectivity index (χ0n) is 16.6. The van der Waals surface area contributed by atoms with Crippen molar-refractivity contribution in [2.75, 3.05) is 13.1 Å². The molecule has 0 bridgehead atoms. The zero-order valence-corrected chi connectivity index (χ0v) is 16.6. The number of nitriles is 1. The van der Waals surface area contributed by atoms with E-state index < -0.39 is 43.3 Å². The number of pyridine rings is 1.